The first-order valence-electron chi connectivity index (χ1n) is 6.92. The fourth-order valence-corrected chi connectivity index (χ4v) is 1.94. The van der Waals surface area contributed by atoms with Gasteiger partial charge in [0.25, 0.3) is 0 Å². The highest BCUT2D eigenvalue weighted by Gasteiger charge is 2.16. The first-order chi connectivity index (χ1) is 9.25. The monoisotopic (exact) mass is 276 g/mol. The van der Waals surface area contributed by atoms with E-state index >= 15 is 0 Å². The fourth-order valence-electron chi connectivity index (χ4n) is 1.94. The van der Waals surface area contributed by atoms with Gasteiger partial charge in [-0.25, -0.2) is 0 Å². The van der Waals surface area contributed by atoms with Crippen molar-refractivity contribution in [2.45, 2.75) is 46.5 Å². The molecule has 0 spiro atoms. The van der Waals surface area contributed by atoms with Gasteiger partial charge in [0.1, 0.15) is 5.75 Å². The molecule has 0 saturated carbocycles. The van der Waals surface area contributed by atoms with Crippen molar-refractivity contribution in [1.29, 1.82) is 0 Å². The van der Waals surface area contributed by atoms with Crippen molar-refractivity contribution in [2.24, 2.45) is 0 Å². The number of carboxylic acid groups (broad SMARTS) is 1. The summed E-state index contributed by atoms with van der Waals surface area (Å²) in [6.07, 6.45) is 1.75. The first-order valence-corrected chi connectivity index (χ1v) is 6.92. The number of hydrogen-bond donors (Lipinski definition) is 1. The predicted molar refractivity (Wildman–Crippen MR) is 82.2 cm³/mol. The van der Waals surface area contributed by atoms with E-state index in [9.17, 15) is 4.79 Å². The minimum Gasteiger partial charge on any atom is -0.493 e. The summed E-state index contributed by atoms with van der Waals surface area (Å²) in [7, 11) is 0. The third-order valence-electron chi connectivity index (χ3n) is 3.15. The Hall–Kier alpha value is -1.77. The van der Waals surface area contributed by atoms with Gasteiger partial charge in [0.2, 0.25) is 0 Å². The van der Waals surface area contributed by atoms with Gasteiger partial charge in [-0.05, 0) is 42.5 Å². The highest BCUT2D eigenvalue weighted by atomic mass is 16.5. The molecule has 0 radical (unpaired) electrons. The molecular weight excluding hydrogens is 252 g/mol. The van der Waals surface area contributed by atoms with Gasteiger partial charge in [0.05, 0.1) is 13.0 Å². The molecule has 0 aliphatic rings. The Morgan fingerprint density at radius 2 is 2.00 bits per heavy atom. The van der Waals surface area contributed by atoms with Crippen LogP contribution >= 0.6 is 0 Å². The van der Waals surface area contributed by atoms with Crippen LogP contribution in [0, 0.1) is 0 Å². The van der Waals surface area contributed by atoms with Crippen LogP contribution in [-0.2, 0) is 10.2 Å². The van der Waals surface area contributed by atoms with Crippen molar-refractivity contribution in [3.05, 3.63) is 35.4 Å². The summed E-state index contributed by atoms with van der Waals surface area (Å²) in [5, 5.41) is 8.79. The van der Waals surface area contributed by atoms with E-state index in [-0.39, 0.29) is 11.8 Å². The van der Waals surface area contributed by atoms with Gasteiger partial charge in [-0.1, -0.05) is 32.9 Å². The van der Waals surface area contributed by atoms with E-state index in [1.54, 1.807) is 6.08 Å². The number of carboxylic acids is 1. The Morgan fingerprint density at radius 3 is 2.50 bits per heavy atom. The fraction of sp³-hybridized carbons (Fsp3) is 0.471. The second-order valence-corrected chi connectivity index (χ2v) is 5.88. The van der Waals surface area contributed by atoms with Gasteiger partial charge in [-0.3, -0.25) is 4.79 Å². The molecule has 3 heteroatoms. The lowest BCUT2D eigenvalue weighted by Gasteiger charge is -2.21. The summed E-state index contributed by atoms with van der Waals surface area (Å²) in [5.74, 6) is -0.0195. The number of hydrogen-bond acceptors (Lipinski definition) is 2. The van der Waals surface area contributed by atoms with Gasteiger partial charge in [-0.15, -0.1) is 0 Å². The first kappa shape index (κ1) is 16.3. The van der Waals surface area contributed by atoms with Crippen LogP contribution < -0.4 is 4.74 Å². The summed E-state index contributed by atoms with van der Waals surface area (Å²) >= 11 is 0. The molecule has 0 aliphatic carbocycles. The summed E-state index contributed by atoms with van der Waals surface area (Å²) in [4.78, 5) is 10.7. The van der Waals surface area contributed by atoms with Crippen LogP contribution in [0.4, 0.5) is 0 Å². The molecule has 0 saturated heterocycles. The molecule has 0 bridgehead atoms. The third-order valence-corrected chi connectivity index (χ3v) is 3.15. The minimum absolute atomic E-state index is 0.0249. The Balaban J connectivity index is 3.24. The lowest BCUT2D eigenvalue weighted by molar-refractivity contribution is -0.135. The van der Waals surface area contributed by atoms with E-state index in [1.807, 2.05) is 19.9 Å². The summed E-state index contributed by atoms with van der Waals surface area (Å²) in [5.41, 5.74) is 3.16. The molecule has 0 heterocycles. The maximum absolute atomic E-state index is 10.7. The average molecular weight is 276 g/mol. The Morgan fingerprint density at radius 1 is 1.35 bits per heavy atom. The van der Waals surface area contributed by atoms with Gasteiger partial charge < -0.3 is 9.84 Å². The second-order valence-electron chi connectivity index (χ2n) is 5.88. The number of benzene rings is 1. The molecule has 0 aliphatic heterocycles. The third kappa shape index (κ3) is 4.41. The number of ether oxygens (including phenoxy) is 1. The van der Waals surface area contributed by atoms with Crippen LogP contribution in [0.3, 0.4) is 0 Å². The van der Waals surface area contributed by atoms with Crippen molar-refractivity contribution in [3.63, 3.8) is 0 Å². The van der Waals surface area contributed by atoms with E-state index in [2.05, 4.69) is 32.9 Å². The summed E-state index contributed by atoms with van der Waals surface area (Å²) in [6, 6.07) is 6.13. The van der Waals surface area contributed by atoms with Crippen LogP contribution in [-0.4, -0.2) is 17.7 Å². The molecular formula is C17H24O3. The maximum atomic E-state index is 10.7. The maximum Gasteiger partial charge on any atom is 0.307 e. The van der Waals surface area contributed by atoms with Crippen LogP contribution in [0.25, 0.3) is 5.57 Å². The molecule has 0 unspecified atom stereocenters. The number of allylic oxidation sites excluding steroid dienone is 1. The number of rotatable bonds is 5. The van der Waals surface area contributed by atoms with E-state index in [0.717, 1.165) is 16.9 Å². The molecule has 1 aromatic carbocycles. The SMILES string of the molecule is CCOc1ccc(C(C)(C)C)cc1/C(C)=C/CC(=O)O. The van der Waals surface area contributed by atoms with Crippen molar-refractivity contribution < 1.29 is 14.6 Å². The smallest absolute Gasteiger partial charge is 0.307 e. The van der Waals surface area contributed by atoms with Crippen molar-refractivity contribution in [2.75, 3.05) is 6.61 Å². The Labute approximate surface area is 121 Å². The zero-order chi connectivity index (χ0) is 15.3. The highest BCUT2D eigenvalue weighted by molar-refractivity contribution is 5.75. The van der Waals surface area contributed by atoms with Gasteiger partial charge in [0.15, 0.2) is 0 Å². The molecule has 20 heavy (non-hydrogen) atoms. The largest absolute Gasteiger partial charge is 0.493 e. The van der Waals surface area contributed by atoms with E-state index in [4.69, 9.17) is 9.84 Å². The molecule has 0 atom stereocenters. The molecule has 1 aromatic rings. The molecule has 3 nitrogen and oxygen atoms in total. The average Bonchev–Trinajstić information content (AvgIpc) is 2.35. The lowest BCUT2D eigenvalue weighted by Crippen LogP contribution is -2.11. The normalized spacial score (nSPS) is 12.3. The van der Waals surface area contributed by atoms with E-state index < -0.39 is 5.97 Å². The van der Waals surface area contributed by atoms with Crippen LogP contribution in [0.1, 0.15) is 52.2 Å². The number of carbonyl (C=O) groups is 1. The molecule has 0 aromatic heterocycles. The van der Waals surface area contributed by atoms with Gasteiger partial charge in [0, 0.05) is 5.56 Å². The summed E-state index contributed by atoms with van der Waals surface area (Å²) in [6.45, 7) is 10.9. The van der Waals surface area contributed by atoms with Crippen molar-refractivity contribution in [3.8, 4) is 5.75 Å². The van der Waals surface area contributed by atoms with Gasteiger partial charge in [-0.2, -0.15) is 0 Å². The van der Waals surface area contributed by atoms with E-state index in [1.165, 1.54) is 5.56 Å². The predicted octanol–water partition coefficient (Wildman–Crippen LogP) is 4.26. The summed E-state index contributed by atoms with van der Waals surface area (Å²) < 4.78 is 5.64. The van der Waals surface area contributed by atoms with Crippen LogP contribution in [0.2, 0.25) is 0 Å². The minimum atomic E-state index is -0.825. The Bertz CT molecular complexity index is 507. The highest BCUT2D eigenvalue weighted by Crippen LogP contribution is 2.32. The van der Waals surface area contributed by atoms with Crippen LogP contribution in [0.5, 0.6) is 5.75 Å². The standard InChI is InChI=1S/C17H24O3/c1-6-20-15-9-8-13(17(3,4)5)11-14(15)12(2)7-10-16(18)19/h7-9,11H,6,10H2,1-5H3,(H,18,19)/b12-7+. The molecule has 1 N–H and O–H groups in total. The van der Waals surface area contributed by atoms with Crippen molar-refractivity contribution in [1.82, 2.24) is 0 Å². The molecule has 110 valence electrons. The lowest BCUT2D eigenvalue weighted by atomic mass is 9.85. The van der Waals surface area contributed by atoms with Crippen molar-refractivity contribution >= 4 is 11.5 Å². The Kier molecular flexibility index (Phi) is 5.37. The topological polar surface area (TPSA) is 46.5 Å². The van der Waals surface area contributed by atoms with E-state index in [0.29, 0.717) is 6.61 Å². The zero-order valence-corrected chi connectivity index (χ0v) is 13.0. The quantitative estimate of drug-likeness (QED) is 0.874. The number of aliphatic carboxylic acids is 1. The molecule has 0 fully saturated rings. The van der Waals surface area contributed by atoms with Gasteiger partial charge >= 0.3 is 5.97 Å². The second kappa shape index (κ2) is 6.60. The molecule has 1 rings (SSSR count). The zero-order valence-electron chi connectivity index (χ0n) is 13.0. The van der Waals surface area contributed by atoms with Crippen LogP contribution in [0.15, 0.2) is 24.3 Å². The molecule has 0 amide bonds.